The maximum Gasteiger partial charge on any atom is 0.340 e. The van der Waals surface area contributed by atoms with E-state index in [4.69, 9.17) is 16.3 Å². The molecule has 0 saturated carbocycles. The quantitative estimate of drug-likeness (QED) is 0.436. The summed E-state index contributed by atoms with van der Waals surface area (Å²) in [4.78, 5) is 23.0. The van der Waals surface area contributed by atoms with E-state index in [1.807, 2.05) is 18.2 Å². The van der Waals surface area contributed by atoms with Crippen LogP contribution in [0, 0.1) is 10.1 Å². The molecule has 1 aliphatic heterocycles. The molecule has 0 bridgehead atoms. The van der Waals surface area contributed by atoms with Gasteiger partial charge in [0.25, 0.3) is 5.69 Å². The minimum atomic E-state index is -1.29. The Bertz CT molecular complexity index is 923. The number of nitro benzene ring substituents is 1. The van der Waals surface area contributed by atoms with Crippen molar-refractivity contribution < 1.29 is 14.5 Å². The molecule has 1 heterocycles. The number of carbonyl (C=O) groups excluding carboxylic acids is 1. The number of hydrogen-bond donors (Lipinski definition) is 0. The van der Waals surface area contributed by atoms with E-state index in [0.717, 1.165) is 5.56 Å². The van der Waals surface area contributed by atoms with Gasteiger partial charge in [0, 0.05) is 23.6 Å². The van der Waals surface area contributed by atoms with Crippen LogP contribution in [0.2, 0.25) is 5.02 Å². The topological polar surface area (TPSA) is 94.2 Å². The van der Waals surface area contributed by atoms with Crippen molar-refractivity contribution in [3.63, 3.8) is 0 Å². The number of halogens is 1. The number of esters is 1. The summed E-state index contributed by atoms with van der Waals surface area (Å²) in [7, 11) is 1.30. The number of methoxy groups -OCH3 is 1. The lowest BCUT2D eigenvalue weighted by atomic mass is 9.84. The van der Waals surface area contributed by atoms with E-state index in [1.54, 1.807) is 24.3 Å². The van der Waals surface area contributed by atoms with E-state index in [9.17, 15) is 14.9 Å². The molecule has 0 aliphatic carbocycles. The van der Waals surface area contributed by atoms with E-state index in [1.165, 1.54) is 19.2 Å². The Labute approximate surface area is 160 Å². The fraction of sp³-hybridized carbons (Fsp3) is 0.211. The lowest BCUT2D eigenvalue weighted by Gasteiger charge is -2.24. The highest BCUT2D eigenvalue weighted by molar-refractivity contribution is 6.30. The van der Waals surface area contributed by atoms with Gasteiger partial charge in [0.05, 0.1) is 18.6 Å². The highest BCUT2D eigenvalue weighted by atomic mass is 35.5. The Morgan fingerprint density at radius 3 is 2.52 bits per heavy atom. The van der Waals surface area contributed by atoms with Crippen molar-refractivity contribution in [3.8, 4) is 0 Å². The Kier molecular flexibility index (Phi) is 5.32. The van der Waals surface area contributed by atoms with E-state index >= 15 is 0 Å². The number of nitrogens with zero attached hydrogens (tertiary/aromatic N) is 3. The summed E-state index contributed by atoms with van der Waals surface area (Å²) < 4.78 is 5.00. The van der Waals surface area contributed by atoms with Gasteiger partial charge < -0.3 is 4.74 Å². The van der Waals surface area contributed by atoms with Crippen LogP contribution in [0.3, 0.4) is 0 Å². The summed E-state index contributed by atoms with van der Waals surface area (Å²) in [5.74, 6) is -0.526. The van der Waals surface area contributed by atoms with Gasteiger partial charge in [0.2, 0.25) is 5.54 Å². The summed E-state index contributed by atoms with van der Waals surface area (Å²) in [5, 5.41) is 19.7. The van der Waals surface area contributed by atoms with Gasteiger partial charge in [-0.3, -0.25) is 10.1 Å². The second-order valence-corrected chi connectivity index (χ2v) is 6.51. The number of nitro groups is 1. The second-order valence-electron chi connectivity index (χ2n) is 6.07. The van der Waals surface area contributed by atoms with Gasteiger partial charge >= 0.3 is 5.97 Å². The van der Waals surface area contributed by atoms with Crippen LogP contribution in [0.25, 0.3) is 6.08 Å². The monoisotopic (exact) mass is 385 g/mol. The molecule has 8 heteroatoms. The lowest BCUT2D eigenvalue weighted by molar-refractivity contribution is -0.384. The van der Waals surface area contributed by atoms with Crippen LogP contribution in [-0.2, 0) is 16.0 Å². The highest BCUT2D eigenvalue weighted by Crippen LogP contribution is 2.35. The molecule has 1 unspecified atom stereocenters. The maximum atomic E-state index is 12.6. The van der Waals surface area contributed by atoms with Crippen molar-refractivity contribution in [2.24, 2.45) is 10.2 Å². The predicted octanol–water partition coefficient (Wildman–Crippen LogP) is 4.25. The Morgan fingerprint density at radius 2 is 1.93 bits per heavy atom. The summed E-state index contributed by atoms with van der Waals surface area (Å²) in [5.41, 5.74) is 0.961. The number of non-ortho nitro benzene ring substituents is 1. The van der Waals surface area contributed by atoms with Gasteiger partial charge in [0.1, 0.15) is 0 Å². The molecule has 7 nitrogen and oxygen atoms in total. The number of benzene rings is 2. The smallest absolute Gasteiger partial charge is 0.340 e. The lowest BCUT2D eigenvalue weighted by Crippen LogP contribution is -2.40. The molecule has 1 atom stereocenters. The van der Waals surface area contributed by atoms with Crippen molar-refractivity contribution in [1.82, 2.24) is 0 Å². The molecule has 2 aromatic rings. The molecule has 1 aliphatic rings. The molecule has 0 fully saturated rings. The van der Waals surface area contributed by atoms with Crippen LogP contribution in [-0.4, -0.2) is 30.1 Å². The molecular formula is C19H16ClN3O4. The molecule has 3 rings (SSSR count). The first-order chi connectivity index (χ1) is 12.9. The average Bonchev–Trinajstić information content (AvgIpc) is 3.06. The summed E-state index contributed by atoms with van der Waals surface area (Å²) in [6, 6.07) is 13.2. The Morgan fingerprint density at radius 1 is 1.26 bits per heavy atom. The van der Waals surface area contributed by atoms with E-state index in [0.29, 0.717) is 16.2 Å². The molecule has 138 valence electrons. The predicted molar refractivity (Wildman–Crippen MR) is 101 cm³/mol. The zero-order valence-corrected chi connectivity index (χ0v) is 15.2. The van der Waals surface area contributed by atoms with Crippen molar-refractivity contribution in [2.75, 3.05) is 13.7 Å². The fourth-order valence-electron chi connectivity index (χ4n) is 2.95. The first-order valence-electron chi connectivity index (χ1n) is 8.11. The van der Waals surface area contributed by atoms with Crippen molar-refractivity contribution in [1.29, 1.82) is 0 Å². The number of ether oxygens (including phenoxy) is 1. The first kappa shape index (κ1) is 18.7. The molecule has 0 aromatic heterocycles. The Balaban J connectivity index is 1.98. The molecule has 0 amide bonds. The standard InChI is InChI=1S/C19H16ClN3O4/c1-27-18(24)19(11-14-4-8-17(9-5-14)23(25)26)15(12-21-22-19)10-13-2-6-16(20)7-3-13/h2-10H,11-12H2,1H3/b15-10-. The zero-order valence-electron chi connectivity index (χ0n) is 14.5. The average molecular weight is 386 g/mol. The molecule has 0 N–H and O–H groups in total. The van der Waals surface area contributed by atoms with Crippen LogP contribution in [0.1, 0.15) is 11.1 Å². The summed E-state index contributed by atoms with van der Waals surface area (Å²) >= 11 is 5.92. The van der Waals surface area contributed by atoms with E-state index in [2.05, 4.69) is 10.2 Å². The second kappa shape index (κ2) is 7.67. The SMILES string of the molecule is COC(=O)C1(Cc2ccc([N+](=O)[O-])cc2)N=NC/C1=C/c1ccc(Cl)cc1. The van der Waals surface area contributed by atoms with Gasteiger partial charge in [-0.25, -0.2) is 4.79 Å². The molecular weight excluding hydrogens is 370 g/mol. The molecule has 2 aromatic carbocycles. The third-order valence-corrected chi connectivity index (χ3v) is 4.61. The van der Waals surface area contributed by atoms with Crippen molar-refractivity contribution >= 4 is 29.3 Å². The first-order valence-corrected chi connectivity index (χ1v) is 8.49. The van der Waals surface area contributed by atoms with E-state index < -0.39 is 16.4 Å². The van der Waals surface area contributed by atoms with Crippen LogP contribution < -0.4 is 0 Å². The number of rotatable bonds is 5. The largest absolute Gasteiger partial charge is 0.467 e. The highest BCUT2D eigenvalue weighted by Gasteiger charge is 2.46. The third-order valence-electron chi connectivity index (χ3n) is 4.35. The molecule has 27 heavy (non-hydrogen) atoms. The van der Waals surface area contributed by atoms with Crippen LogP contribution in [0.5, 0.6) is 0 Å². The summed E-state index contributed by atoms with van der Waals surface area (Å²) in [6.07, 6.45) is 2.04. The molecule has 0 radical (unpaired) electrons. The molecule has 0 spiro atoms. The number of azo groups is 1. The van der Waals surface area contributed by atoms with Crippen LogP contribution in [0.15, 0.2) is 64.3 Å². The normalized spacial score (nSPS) is 20.0. The van der Waals surface area contributed by atoms with Gasteiger partial charge in [0.15, 0.2) is 0 Å². The maximum absolute atomic E-state index is 12.6. The number of hydrogen-bond acceptors (Lipinski definition) is 6. The van der Waals surface area contributed by atoms with Gasteiger partial charge in [-0.15, -0.1) is 0 Å². The van der Waals surface area contributed by atoms with Gasteiger partial charge in [-0.2, -0.15) is 10.2 Å². The van der Waals surface area contributed by atoms with Crippen molar-refractivity contribution in [2.45, 2.75) is 12.0 Å². The van der Waals surface area contributed by atoms with Crippen LogP contribution in [0.4, 0.5) is 5.69 Å². The summed E-state index contributed by atoms with van der Waals surface area (Å²) in [6.45, 7) is 0.269. The van der Waals surface area contributed by atoms with Crippen LogP contribution >= 0.6 is 11.6 Å². The minimum absolute atomic E-state index is 0.0177. The van der Waals surface area contributed by atoms with Crippen molar-refractivity contribution in [3.05, 3.63) is 80.4 Å². The minimum Gasteiger partial charge on any atom is -0.467 e. The third kappa shape index (κ3) is 3.88. The van der Waals surface area contributed by atoms with Gasteiger partial charge in [-0.1, -0.05) is 41.9 Å². The van der Waals surface area contributed by atoms with Gasteiger partial charge in [-0.05, 0) is 28.8 Å². The van der Waals surface area contributed by atoms with E-state index in [-0.39, 0.29) is 18.7 Å². The Hall–Kier alpha value is -3.06. The number of carbonyl (C=O) groups is 1. The molecule has 0 saturated heterocycles. The fourth-order valence-corrected chi connectivity index (χ4v) is 3.07. The zero-order chi connectivity index (χ0) is 19.4.